The van der Waals surface area contributed by atoms with Crippen molar-refractivity contribution in [3.05, 3.63) is 12.2 Å². The molecule has 3 rings (SSSR count). The normalized spacial score (nSPS) is 41.9. The van der Waals surface area contributed by atoms with Gasteiger partial charge in [-0.05, 0) is 38.5 Å². The zero-order valence-electron chi connectivity index (χ0n) is 10.8. The Morgan fingerprint density at radius 3 is 2.79 bits per heavy atom. The molecule has 108 valence electrons. The average molecular weight is 276 g/mol. The molecule has 1 unspecified atom stereocenters. The molecule has 1 saturated heterocycles. The van der Waals surface area contributed by atoms with Crippen molar-refractivity contribution in [2.45, 2.75) is 62.5 Å². The molecule has 19 heavy (non-hydrogen) atoms. The Morgan fingerprint density at radius 1 is 1.26 bits per heavy atom. The Kier molecular flexibility index (Phi) is 3.17. The highest BCUT2D eigenvalue weighted by molar-refractivity contribution is 5.13. The molecule has 5 heteroatoms. The van der Waals surface area contributed by atoms with E-state index >= 15 is 0 Å². The zero-order valence-corrected chi connectivity index (χ0v) is 10.8. The van der Waals surface area contributed by atoms with Crippen LogP contribution in [0.5, 0.6) is 0 Å². The van der Waals surface area contributed by atoms with Gasteiger partial charge in [-0.25, -0.2) is 0 Å². The number of ether oxygens (including phenoxy) is 2. The molecule has 3 aliphatic rings. The van der Waals surface area contributed by atoms with Crippen molar-refractivity contribution < 1.29 is 22.6 Å². The molecule has 2 aliphatic carbocycles. The van der Waals surface area contributed by atoms with E-state index in [-0.39, 0.29) is 11.5 Å². The first-order chi connectivity index (χ1) is 8.93. The molecule has 1 saturated carbocycles. The van der Waals surface area contributed by atoms with E-state index in [9.17, 15) is 13.2 Å². The molecule has 0 aromatic rings. The number of hydrogen-bond donors (Lipinski definition) is 0. The number of fused-ring (bicyclic) bond motifs is 1. The summed E-state index contributed by atoms with van der Waals surface area (Å²) in [6.45, 7) is -1.21. The minimum atomic E-state index is -4.29. The van der Waals surface area contributed by atoms with Crippen molar-refractivity contribution in [2.24, 2.45) is 5.92 Å². The Morgan fingerprint density at radius 2 is 2.11 bits per heavy atom. The topological polar surface area (TPSA) is 18.5 Å². The molecule has 0 aromatic carbocycles. The lowest BCUT2D eigenvalue weighted by Gasteiger charge is -2.34. The molecule has 0 bridgehead atoms. The van der Waals surface area contributed by atoms with Crippen LogP contribution < -0.4 is 0 Å². The lowest BCUT2D eigenvalue weighted by molar-refractivity contribution is -0.292. The van der Waals surface area contributed by atoms with Gasteiger partial charge in [0.2, 0.25) is 0 Å². The fraction of sp³-hybridized carbons (Fsp3) is 0.857. The van der Waals surface area contributed by atoms with Gasteiger partial charge in [-0.3, -0.25) is 0 Å². The lowest BCUT2D eigenvalue weighted by Crippen LogP contribution is -2.40. The van der Waals surface area contributed by atoms with E-state index in [1.165, 1.54) is 0 Å². The minimum absolute atomic E-state index is 0.109. The van der Waals surface area contributed by atoms with Gasteiger partial charge >= 0.3 is 6.18 Å². The van der Waals surface area contributed by atoms with Crippen LogP contribution in [0.2, 0.25) is 0 Å². The van der Waals surface area contributed by atoms with Crippen LogP contribution in [0.4, 0.5) is 13.2 Å². The zero-order chi connectivity index (χ0) is 13.6. The average Bonchev–Trinajstić information content (AvgIpc) is 2.81. The first-order valence-electron chi connectivity index (χ1n) is 7.02. The second-order valence-corrected chi connectivity index (χ2v) is 5.97. The summed E-state index contributed by atoms with van der Waals surface area (Å²) in [7, 11) is 0. The van der Waals surface area contributed by atoms with Gasteiger partial charge in [-0.15, -0.1) is 0 Å². The second kappa shape index (κ2) is 4.48. The third-order valence-corrected chi connectivity index (χ3v) is 4.54. The van der Waals surface area contributed by atoms with Crippen molar-refractivity contribution >= 4 is 0 Å². The standard InChI is InChI=1S/C14H19F3O2/c15-14(16,17)10-18-13-8-4-5-11(13)9-12(19-13)6-2-1-3-7-12/h2,6,11H,1,3-5,7-10H2/t11-,12?,13-/m1/s1. The van der Waals surface area contributed by atoms with Crippen LogP contribution in [0.3, 0.4) is 0 Å². The summed E-state index contributed by atoms with van der Waals surface area (Å²) in [5.74, 6) is -0.880. The van der Waals surface area contributed by atoms with E-state index in [2.05, 4.69) is 6.08 Å². The van der Waals surface area contributed by atoms with E-state index in [1.807, 2.05) is 6.08 Å². The molecule has 0 N–H and O–H groups in total. The van der Waals surface area contributed by atoms with Crippen LogP contribution >= 0.6 is 0 Å². The fourth-order valence-electron chi connectivity index (χ4n) is 3.79. The highest BCUT2D eigenvalue weighted by Gasteiger charge is 2.58. The number of rotatable bonds is 2. The molecule has 1 aliphatic heterocycles. The van der Waals surface area contributed by atoms with Crippen LogP contribution in [0.25, 0.3) is 0 Å². The smallest absolute Gasteiger partial charge is 0.340 e. The molecule has 0 aromatic heterocycles. The number of hydrogen-bond acceptors (Lipinski definition) is 2. The van der Waals surface area contributed by atoms with Crippen LogP contribution in [0, 0.1) is 5.92 Å². The van der Waals surface area contributed by atoms with Gasteiger partial charge in [-0.2, -0.15) is 13.2 Å². The lowest BCUT2D eigenvalue weighted by atomic mass is 9.84. The third-order valence-electron chi connectivity index (χ3n) is 4.54. The maximum absolute atomic E-state index is 12.4. The quantitative estimate of drug-likeness (QED) is 0.711. The maximum atomic E-state index is 12.4. The van der Waals surface area contributed by atoms with Gasteiger partial charge in [0.05, 0.1) is 5.60 Å². The number of halogens is 3. The molecular formula is C14H19F3O2. The van der Waals surface area contributed by atoms with Crippen LogP contribution in [0.15, 0.2) is 12.2 Å². The Hall–Kier alpha value is -0.550. The maximum Gasteiger partial charge on any atom is 0.411 e. The Bertz CT molecular complexity index is 379. The summed E-state index contributed by atoms with van der Waals surface area (Å²) >= 11 is 0. The summed E-state index contributed by atoms with van der Waals surface area (Å²) in [4.78, 5) is 0. The van der Waals surface area contributed by atoms with Gasteiger partial charge in [-0.1, -0.05) is 12.2 Å². The highest BCUT2D eigenvalue weighted by atomic mass is 19.4. The van der Waals surface area contributed by atoms with E-state index < -0.39 is 18.6 Å². The Labute approximate surface area is 111 Å². The summed E-state index contributed by atoms with van der Waals surface area (Å²) in [5.41, 5.74) is -0.366. The molecule has 3 atom stereocenters. The summed E-state index contributed by atoms with van der Waals surface area (Å²) in [5, 5.41) is 0. The van der Waals surface area contributed by atoms with Gasteiger partial charge < -0.3 is 9.47 Å². The second-order valence-electron chi connectivity index (χ2n) is 5.97. The first-order valence-corrected chi connectivity index (χ1v) is 7.02. The van der Waals surface area contributed by atoms with Crippen molar-refractivity contribution in [2.75, 3.05) is 6.61 Å². The molecule has 0 amide bonds. The van der Waals surface area contributed by atoms with Crippen molar-refractivity contribution in [1.29, 1.82) is 0 Å². The molecule has 1 heterocycles. The van der Waals surface area contributed by atoms with Gasteiger partial charge in [0.1, 0.15) is 6.61 Å². The summed E-state index contributed by atoms with van der Waals surface area (Å²) in [6.07, 6.45) is 6.02. The van der Waals surface area contributed by atoms with Crippen molar-refractivity contribution in [1.82, 2.24) is 0 Å². The number of allylic oxidation sites excluding steroid dienone is 1. The van der Waals surface area contributed by atoms with Gasteiger partial charge in [0.25, 0.3) is 0 Å². The highest BCUT2D eigenvalue weighted by Crippen LogP contribution is 2.55. The van der Waals surface area contributed by atoms with E-state index in [4.69, 9.17) is 9.47 Å². The SMILES string of the molecule is FC(F)(F)CO[C@@]12CCC[C@@H]1CC1(C=CCCC1)O2. The summed E-state index contributed by atoms with van der Waals surface area (Å²) in [6, 6.07) is 0. The van der Waals surface area contributed by atoms with E-state index in [0.717, 1.165) is 38.5 Å². The first kappa shape index (κ1) is 13.4. The van der Waals surface area contributed by atoms with Gasteiger partial charge in [0.15, 0.2) is 5.79 Å². The predicted octanol–water partition coefficient (Wildman–Crippen LogP) is 3.96. The largest absolute Gasteiger partial charge is 0.411 e. The van der Waals surface area contributed by atoms with E-state index in [0.29, 0.717) is 6.42 Å². The van der Waals surface area contributed by atoms with Crippen LogP contribution in [-0.4, -0.2) is 24.2 Å². The minimum Gasteiger partial charge on any atom is -0.340 e. The predicted molar refractivity (Wildman–Crippen MR) is 63.5 cm³/mol. The van der Waals surface area contributed by atoms with Crippen molar-refractivity contribution in [3.63, 3.8) is 0 Å². The van der Waals surface area contributed by atoms with E-state index in [1.54, 1.807) is 0 Å². The van der Waals surface area contributed by atoms with Crippen molar-refractivity contribution in [3.8, 4) is 0 Å². The molecule has 2 nitrogen and oxygen atoms in total. The molecule has 1 spiro atoms. The molecule has 0 radical (unpaired) electrons. The van der Waals surface area contributed by atoms with Gasteiger partial charge in [0, 0.05) is 12.3 Å². The monoisotopic (exact) mass is 276 g/mol. The summed E-state index contributed by atoms with van der Waals surface area (Å²) < 4.78 is 48.5. The van der Waals surface area contributed by atoms with Crippen LogP contribution in [0.1, 0.15) is 44.9 Å². The fourth-order valence-corrected chi connectivity index (χ4v) is 3.79. The van der Waals surface area contributed by atoms with Crippen LogP contribution in [-0.2, 0) is 9.47 Å². The number of alkyl halides is 3. The molecule has 2 fully saturated rings. The Balaban J connectivity index is 1.75. The molecular weight excluding hydrogens is 257 g/mol. The third kappa shape index (κ3) is 2.55.